The average molecular weight is 221 g/mol. The van der Waals surface area contributed by atoms with Crippen LogP contribution in [0.3, 0.4) is 0 Å². The third-order valence-electron chi connectivity index (χ3n) is 3.13. The summed E-state index contributed by atoms with van der Waals surface area (Å²) in [5, 5.41) is 10.2. The van der Waals surface area contributed by atoms with Crippen LogP contribution in [-0.2, 0) is 6.54 Å². The molecule has 1 aromatic carbocycles. The van der Waals surface area contributed by atoms with Gasteiger partial charge in [-0.25, -0.2) is 0 Å². The lowest BCUT2D eigenvalue weighted by Crippen LogP contribution is -2.42. The van der Waals surface area contributed by atoms with E-state index in [1.807, 2.05) is 32.2 Å². The van der Waals surface area contributed by atoms with Crippen LogP contribution in [0.4, 0.5) is 0 Å². The Morgan fingerprint density at radius 3 is 2.31 bits per heavy atom. The van der Waals surface area contributed by atoms with Crippen LogP contribution >= 0.6 is 0 Å². The molecule has 0 aliphatic carbocycles. The molecule has 90 valence electrons. The lowest BCUT2D eigenvalue weighted by atomic mass is 9.92. The highest BCUT2D eigenvalue weighted by Gasteiger charge is 2.26. The zero-order chi connectivity index (χ0) is 12.2. The minimum Gasteiger partial charge on any atom is -0.389 e. The molecular weight excluding hydrogens is 198 g/mol. The van der Waals surface area contributed by atoms with Crippen molar-refractivity contribution in [3.05, 3.63) is 35.9 Å². The molecule has 0 saturated heterocycles. The molecule has 2 nitrogen and oxygen atoms in total. The summed E-state index contributed by atoms with van der Waals surface area (Å²) >= 11 is 0. The van der Waals surface area contributed by atoms with E-state index in [0.29, 0.717) is 6.54 Å². The molecule has 1 unspecified atom stereocenters. The third kappa shape index (κ3) is 3.95. The molecule has 0 aliphatic heterocycles. The number of nitrogens with zero attached hydrogens (tertiary/aromatic N) is 1. The predicted molar refractivity (Wildman–Crippen MR) is 68.2 cm³/mol. The minimum atomic E-state index is -0.621. The fourth-order valence-electron chi connectivity index (χ4n) is 1.68. The first kappa shape index (κ1) is 13.2. The van der Waals surface area contributed by atoms with E-state index in [1.165, 1.54) is 5.56 Å². The van der Waals surface area contributed by atoms with Gasteiger partial charge in [0.05, 0.1) is 5.60 Å². The van der Waals surface area contributed by atoms with E-state index in [-0.39, 0.29) is 5.92 Å². The topological polar surface area (TPSA) is 23.5 Å². The van der Waals surface area contributed by atoms with E-state index in [9.17, 15) is 5.11 Å². The molecule has 0 fully saturated rings. The summed E-state index contributed by atoms with van der Waals surface area (Å²) in [4.78, 5) is 2.16. The standard InChI is InChI=1S/C14H23NO/c1-12(2)14(3,16)11-15(4)10-13-8-6-5-7-9-13/h5-9,12,16H,10-11H2,1-4H3. The maximum Gasteiger partial charge on any atom is 0.0768 e. The first-order valence-electron chi connectivity index (χ1n) is 5.86. The fraction of sp³-hybridized carbons (Fsp3) is 0.571. The van der Waals surface area contributed by atoms with Gasteiger partial charge in [-0.3, -0.25) is 4.90 Å². The van der Waals surface area contributed by atoms with Crippen molar-refractivity contribution < 1.29 is 5.11 Å². The predicted octanol–water partition coefficient (Wildman–Crippen LogP) is 2.53. The number of hydrogen-bond acceptors (Lipinski definition) is 2. The molecule has 0 saturated carbocycles. The summed E-state index contributed by atoms with van der Waals surface area (Å²) < 4.78 is 0. The normalized spacial score (nSPS) is 15.4. The summed E-state index contributed by atoms with van der Waals surface area (Å²) in [6, 6.07) is 10.3. The van der Waals surface area contributed by atoms with Crippen molar-refractivity contribution in [2.24, 2.45) is 5.92 Å². The second kappa shape index (κ2) is 5.46. The van der Waals surface area contributed by atoms with Crippen LogP contribution in [-0.4, -0.2) is 29.2 Å². The zero-order valence-corrected chi connectivity index (χ0v) is 10.8. The Balaban J connectivity index is 2.51. The second-order valence-electron chi connectivity index (χ2n) is 5.17. The van der Waals surface area contributed by atoms with Gasteiger partial charge in [0.15, 0.2) is 0 Å². The summed E-state index contributed by atoms with van der Waals surface area (Å²) in [5.41, 5.74) is 0.660. The summed E-state index contributed by atoms with van der Waals surface area (Å²) in [5.74, 6) is 0.269. The van der Waals surface area contributed by atoms with E-state index < -0.39 is 5.60 Å². The van der Waals surface area contributed by atoms with E-state index in [2.05, 4.69) is 30.9 Å². The van der Waals surface area contributed by atoms with Crippen LogP contribution in [0.1, 0.15) is 26.3 Å². The minimum absolute atomic E-state index is 0.269. The van der Waals surface area contributed by atoms with Gasteiger partial charge in [0.25, 0.3) is 0 Å². The van der Waals surface area contributed by atoms with Crippen molar-refractivity contribution in [1.29, 1.82) is 0 Å². The van der Waals surface area contributed by atoms with Crippen molar-refractivity contribution in [3.8, 4) is 0 Å². The summed E-state index contributed by atoms with van der Waals surface area (Å²) in [6.45, 7) is 7.58. The van der Waals surface area contributed by atoms with Crippen LogP contribution in [0.2, 0.25) is 0 Å². The summed E-state index contributed by atoms with van der Waals surface area (Å²) in [6.07, 6.45) is 0. The Kier molecular flexibility index (Phi) is 4.51. The monoisotopic (exact) mass is 221 g/mol. The second-order valence-corrected chi connectivity index (χ2v) is 5.17. The quantitative estimate of drug-likeness (QED) is 0.826. The summed E-state index contributed by atoms with van der Waals surface area (Å²) in [7, 11) is 2.05. The van der Waals surface area contributed by atoms with E-state index >= 15 is 0 Å². The molecule has 0 aliphatic rings. The number of aliphatic hydroxyl groups is 1. The van der Waals surface area contributed by atoms with Gasteiger partial charge in [0.1, 0.15) is 0 Å². The molecule has 0 bridgehead atoms. The maximum absolute atomic E-state index is 10.2. The van der Waals surface area contributed by atoms with Crippen molar-refractivity contribution in [3.63, 3.8) is 0 Å². The number of benzene rings is 1. The van der Waals surface area contributed by atoms with Crippen molar-refractivity contribution in [2.45, 2.75) is 32.9 Å². The Labute approximate surface area is 98.9 Å². The molecule has 1 N–H and O–H groups in total. The fourth-order valence-corrected chi connectivity index (χ4v) is 1.68. The van der Waals surface area contributed by atoms with Gasteiger partial charge in [-0.2, -0.15) is 0 Å². The Morgan fingerprint density at radius 2 is 1.81 bits per heavy atom. The highest BCUT2D eigenvalue weighted by molar-refractivity contribution is 5.14. The van der Waals surface area contributed by atoms with E-state index in [4.69, 9.17) is 0 Å². The van der Waals surface area contributed by atoms with Gasteiger partial charge >= 0.3 is 0 Å². The molecule has 0 aromatic heterocycles. The van der Waals surface area contributed by atoms with Gasteiger partial charge in [0, 0.05) is 13.1 Å². The van der Waals surface area contributed by atoms with Crippen molar-refractivity contribution in [1.82, 2.24) is 4.90 Å². The van der Waals surface area contributed by atoms with Gasteiger partial charge in [0.2, 0.25) is 0 Å². The largest absolute Gasteiger partial charge is 0.389 e. The number of rotatable bonds is 5. The highest BCUT2D eigenvalue weighted by Crippen LogP contribution is 2.17. The Morgan fingerprint density at radius 1 is 1.25 bits per heavy atom. The molecule has 0 heterocycles. The lowest BCUT2D eigenvalue weighted by Gasteiger charge is -2.32. The molecule has 1 aromatic rings. The van der Waals surface area contributed by atoms with Gasteiger partial charge in [-0.1, -0.05) is 44.2 Å². The number of hydrogen-bond donors (Lipinski definition) is 1. The van der Waals surface area contributed by atoms with Crippen LogP contribution in [0, 0.1) is 5.92 Å². The van der Waals surface area contributed by atoms with Gasteiger partial charge in [-0.15, -0.1) is 0 Å². The SMILES string of the molecule is CC(C)C(C)(O)CN(C)Cc1ccccc1. The van der Waals surface area contributed by atoms with E-state index in [1.54, 1.807) is 0 Å². The van der Waals surface area contributed by atoms with Crippen molar-refractivity contribution >= 4 is 0 Å². The average Bonchev–Trinajstić information content (AvgIpc) is 2.17. The molecular formula is C14H23NO. The van der Waals surface area contributed by atoms with Crippen LogP contribution in [0.15, 0.2) is 30.3 Å². The Hall–Kier alpha value is -0.860. The molecule has 1 rings (SSSR count). The molecule has 16 heavy (non-hydrogen) atoms. The third-order valence-corrected chi connectivity index (χ3v) is 3.13. The smallest absolute Gasteiger partial charge is 0.0768 e. The maximum atomic E-state index is 10.2. The first-order chi connectivity index (χ1) is 7.42. The van der Waals surface area contributed by atoms with Crippen LogP contribution in [0.5, 0.6) is 0 Å². The first-order valence-corrected chi connectivity index (χ1v) is 5.86. The van der Waals surface area contributed by atoms with Gasteiger partial charge in [-0.05, 0) is 25.5 Å². The van der Waals surface area contributed by atoms with Crippen LogP contribution in [0.25, 0.3) is 0 Å². The van der Waals surface area contributed by atoms with Gasteiger partial charge < -0.3 is 5.11 Å². The molecule has 0 radical (unpaired) electrons. The molecule has 2 heteroatoms. The van der Waals surface area contributed by atoms with Crippen molar-refractivity contribution in [2.75, 3.05) is 13.6 Å². The Bertz CT molecular complexity index is 306. The number of likely N-dealkylation sites (N-methyl/N-ethyl adjacent to an activating group) is 1. The molecule has 1 atom stereocenters. The molecule has 0 spiro atoms. The molecule has 0 amide bonds. The lowest BCUT2D eigenvalue weighted by molar-refractivity contribution is -0.0146. The highest BCUT2D eigenvalue weighted by atomic mass is 16.3. The van der Waals surface area contributed by atoms with E-state index in [0.717, 1.165) is 6.54 Å². The zero-order valence-electron chi connectivity index (χ0n) is 10.8. The van der Waals surface area contributed by atoms with Crippen LogP contribution < -0.4 is 0 Å².